The van der Waals surface area contributed by atoms with Gasteiger partial charge in [-0.15, -0.1) is 0 Å². The molecule has 110 valence electrons. The maximum atomic E-state index is 4.36. The first-order chi connectivity index (χ1) is 11.4. The molecule has 0 saturated heterocycles. The summed E-state index contributed by atoms with van der Waals surface area (Å²) in [5.74, 6) is 0. The van der Waals surface area contributed by atoms with E-state index < -0.39 is 0 Å². The quantitative estimate of drug-likeness (QED) is 0.439. The van der Waals surface area contributed by atoms with Crippen LogP contribution in [0.1, 0.15) is 0 Å². The smallest absolute Gasteiger partial charge is 0.0795 e. The van der Waals surface area contributed by atoms with Gasteiger partial charge < -0.3 is 4.98 Å². The van der Waals surface area contributed by atoms with Crippen LogP contribution in [0, 0.1) is 0 Å². The van der Waals surface area contributed by atoms with E-state index >= 15 is 0 Å². The second-order valence-corrected chi connectivity index (χ2v) is 5.28. The van der Waals surface area contributed by atoms with Crippen LogP contribution in [0.3, 0.4) is 0 Å². The SMILES string of the molecule is c1ccc2ncccc2c1.c1cnc2c(c1)ccc1[nH]ccc12. The molecule has 3 heteroatoms. The van der Waals surface area contributed by atoms with Crippen molar-refractivity contribution in [3.63, 3.8) is 0 Å². The van der Waals surface area contributed by atoms with Gasteiger partial charge in [0, 0.05) is 40.3 Å². The molecule has 5 aromatic rings. The molecule has 2 aromatic carbocycles. The number of para-hydroxylation sites is 1. The molecule has 0 saturated carbocycles. The molecule has 0 aliphatic carbocycles. The van der Waals surface area contributed by atoms with Crippen LogP contribution >= 0.6 is 0 Å². The molecule has 0 radical (unpaired) electrons. The number of fused-ring (bicyclic) bond motifs is 4. The lowest BCUT2D eigenvalue weighted by atomic mass is 10.1. The number of rotatable bonds is 0. The Hall–Kier alpha value is -3.20. The Balaban J connectivity index is 0.000000122. The highest BCUT2D eigenvalue weighted by molar-refractivity contribution is 6.03. The molecule has 3 nitrogen and oxygen atoms in total. The standard InChI is InChI=1S/C11H8N2.C9H7N/c1-2-8-3-4-10-9(5-7-12-10)11(8)13-6-1;1-2-6-9-8(4-1)5-3-7-10-9/h1-7,12H;1-7H. The van der Waals surface area contributed by atoms with Gasteiger partial charge in [-0.2, -0.15) is 0 Å². The minimum Gasteiger partial charge on any atom is -0.361 e. The summed E-state index contributed by atoms with van der Waals surface area (Å²) in [5, 5.41) is 3.58. The molecule has 0 fully saturated rings. The highest BCUT2D eigenvalue weighted by atomic mass is 14.7. The Morgan fingerprint density at radius 3 is 2.35 bits per heavy atom. The fourth-order valence-corrected chi connectivity index (χ4v) is 2.69. The first-order valence-electron chi connectivity index (χ1n) is 7.52. The van der Waals surface area contributed by atoms with Crippen LogP contribution in [0.2, 0.25) is 0 Å². The molecular formula is C20H15N3. The van der Waals surface area contributed by atoms with Gasteiger partial charge in [-0.3, -0.25) is 9.97 Å². The van der Waals surface area contributed by atoms with Crippen molar-refractivity contribution in [3.8, 4) is 0 Å². The van der Waals surface area contributed by atoms with E-state index in [4.69, 9.17) is 0 Å². The fourth-order valence-electron chi connectivity index (χ4n) is 2.69. The summed E-state index contributed by atoms with van der Waals surface area (Å²) in [6.07, 6.45) is 5.58. The van der Waals surface area contributed by atoms with Crippen LogP contribution in [-0.2, 0) is 0 Å². The molecule has 0 amide bonds. The van der Waals surface area contributed by atoms with Gasteiger partial charge in [-0.25, -0.2) is 0 Å². The number of aromatic amines is 1. The Labute approximate surface area is 133 Å². The van der Waals surface area contributed by atoms with Gasteiger partial charge in [0.1, 0.15) is 0 Å². The first-order valence-corrected chi connectivity index (χ1v) is 7.52. The lowest BCUT2D eigenvalue weighted by molar-refractivity contribution is 1.41. The molecule has 1 N–H and O–H groups in total. The van der Waals surface area contributed by atoms with Crippen molar-refractivity contribution in [2.75, 3.05) is 0 Å². The zero-order valence-corrected chi connectivity index (χ0v) is 12.5. The van der Waals surface area contributed by atoms with Gasteiger partial charge in [0.15, 0.2) is 0 Å². The summed E-state index contributed by atoms with van der Waals surface area (Å²) in [6.45, 7) is 0. The van der Waals surface area contributed by atoms with E-state index in [1.54, 1.807) is 0 Å². The number of nitrogens with one attached hydrogen (secondary N) is 1. The van der Waals surface area contributed by atoms with E-state index in [1.807, 2.05) is 48.9 Å². The van der Waals surface area contributed by atoms with Crippen LogP contribution in [0.15, 0.2) is 85.3 Å². The topological polar surface area (TPSA) is 41.6 Å². The van der Waals surface area contributed by atoms with E-state index in [0.717, 1.165) is 16.6 Å². The monoisotopic (exact) mass is 297 g/mol. The van der Waals surface area contributed by atoms with Crippen LogP contribution in [-0.4, -0.2) is 15.0 Å². The van der Waals surface area contributed by atoms with E-state index in [9.17, 15) is 0 Å². The van der Waals surface area contributed by atoms with Crippen molar-refractivity contribution in [2.24, 2.45) is 0 Å². The minimum atomic E-state index is 1.06. The summed E-state index contributed by atoms with van der Waals surface area (Å²) in [6, 6.07) is 22.3. The molecule has 0 spiro atoms. The molecular weight excluding hydrogens is 282 g/mol. The molecule has 0 unspecified atom stereocenters. The molecule has 0 aliphatic rings. The Bertz CT molecular complexity index is 1010. The third kappa shape index (κ3) is 2.64. The second-order valence-electron chi connectivity index (χ2n) is 5.28. The number of H-pyrrole nitrogens is 1. The van der Waals surface area contributed by atoms with Crippen molar-refractivity contribution in [1.82, 2.24) is 15.0 Å². The van der Waals surface area contributed by atoms with Crippen molar-refractivity contribution >= 4 is 32.7 Å². The molecule has 0 bridgehead atoms. The summed E-state index contributed by atoms with van der Waals surface area (Å²) >= 11 is 0. The van der Waals surface area contributed by atoms with E-state index in [-0.39, 0.29) is 0 Å². The zero-order valence-electron chi connectivity index (χ0n) is 12.5. The van der Waals surface area contributed by atoms with E-state index in [1.165, 1.54) is 16.2 Å². The number of hydrogen-bond donors (Lipinski definition) is 1. The third-order valence-corrected chi connectivity index (χ3v) is 3.81. The summed E-state index contributed by atoms with van der Waals surface area (Å²) in [4.78, 5) is 11.7. The average Bonchev–Trinajstić information content (AvgIpc) is 3.12. The summed E-state index contributed by atoms with van der Waals surface area (Å²) in [7, 11) is 0. The molecule has 0 atom stereocenters. The lowest BCUT2D eigenvalue weighted by Crippen LogP contribution is -1.77. The third-order valence-electron chi connectivity index (χ3n) is 3.81. The Morgan fingerprint density at radius 1 is 0.652 bits per heavy atom. The molecule has 0 aliphatic heterocycles. The van der Waals surface area contributed by atoms with Gasteiger partial charge in [0.2, 0.25) is 0 Å². The molecule has 3 heterocycles. The van der Waals surface area contributed by atoms with Crippen molar-refractivity contribution in [1.29, 1.82) is 0 Å². The van der Waals surface area contributed by atoms with Gasteiger partial charge in [0.25, 0.3) is 0 Å². The summed E-state index contributed by atoms with van der Waals surface area (Å²) in [5.41, 5.74) is 3.28. The van der Waals surface area contributed by atoms with Crippen LogP contribution in [0.5, 0.6) is 0 Å². The van der Waals surface area contributed by atoms with Gasteiger partial charge in [-0.05, 0) is 30.3 Å². The second kappa shape index (κ2) is 5.89. The summed E-state index contributed by atoms with van der Waals surface area (Å²) < 4.78 is 0. The maximum absolute atomic E-state index is 4.36. The van der Waals surface area contributed by atoms with Crippen LogP contribution < -0.4 is 0 Å². The number of aromatic nitrogens is 3. The Kier molecular flexibility index (Phi) is 3.45. The minimum absolute atomic E-state index is 1.06. The first kappa shape index (κ1) is 13.5. The number of nitrogens with zero attached hydrogens (tertiary/aromatic N) is 2. The molecule has 23 heavy (non-hydrogen) atoms. The van der Waals surface area contributed by atoms with Gasteiger partial charge >= 0.3 is 0 Å². The normalized spacial score (nSPS) is 10.6. The van der Waals surface area contributed by atoms with Crippen LogP contribution in [0.25, 0.3) is 32.7 Å². The van der Waals surface area contributed by atoms with Gasteiger partial charge in [-0.1, -0.05) is 36.4 Å². The van der Waals surface area contributed by atoms with Gasteiger partial charge in [0.05, 0.1) is 11.0 Å². The van der Waals surface area contributed by atoms with E-state index in [0.29, 0.717) is 0 Å². The predicted octanol–water partition coefficient (Wildman–Crippen LogP) is 4.95. The zero-order chi connectivity index (χ0) is 15.5. The number of benzene rings is 2. The highest BCUT2D eigenvalue weighted by Gasteiger charge is 1.99. The maximum Gasteiger partial charge on any atom is 0.0795 e. The fraction of sp³-hybridized carbons (Fsp3) is 0. The molecule has 3 aromatic heterocycles. The lowest BCUT2D eigenvalue weighted by Gasteiger charge is -1.96. The largest absolute Gasteiger partial charge is 0.361 e. The van der Waals surface area contributed by atoms with Crippen molar-refractivity contribution in [3.05, 3.63) is 85.3 Å². The average molecular weight is 297 g/mol. The van der Waals surface area contributed by atoms with Crippen LogP contribution in [0.4, 0.5) is 0 Å². The van der Waals surface area contributed by atoms with Crippen molar-refractivity contribution in [2.45, 2.75) is 0 Å². The Morgan fingerprint density at radius 2 is 1.43 bits per heavy atom. The number of pyridine rings is 2. The predicted molar refractivity (Wildman–Crippen MR) is 95.3 cm³/mol. The highest BCUT2D eigenvalue weighted by Crippen LogP contribution is 2.21. The van der Waals surface area contributed by atoms with E-state index in [2.05, 4.69) is 51.4 Å². The molecule has 5 rings (SSSR count). The number of hydrogen-bond acceptors (Lipinski definition) is 2. The van der Waals surface area contributed by atoms with Crippen molar-refractivity contribution < 1.29 is 0 Å².